The summed E-state index contributed by atoms with van der Waals surface area (Å²) in [4.78, 5) is 17.2. The first-order valence-electron chi connectivity index (χ1n) is 5.12. The minimum absolute atomic E-state index is 0.238. The number of unbranched alkanes of at least 4 members (excludes halogenated alkanes) is 2. The largest absolute Gasteiger partial charge is 0.396 e. The van der Waals surface area contributed by atoms with Crippen LogP contribution in [0.1, 0.15) is 28.9 Å². The van der Waals surface area contributed by atoms with Crippen molar-refractivity contribution in [3.8, 4) is 0 Å². The Kier molecular flexibility index (Phi) is 5.73. The number of thiazole rings is 1. The molecule has 0 saturated carbocycles. The second-order valence-electron chi connectivity index (χ2n) is 3.48. The third-order valence-electron chi connectivity index (χ3n) is 2.18. The molecule has 0 spiro atoms. The number of anilines is 1. The van der Waals surface area contributed by atoms with Gasteiger partial charge in [0.1, 0.15) is 4.88 Å². The topological polar surface area (TPSA) is 53.4 Å². The van der Waals surface area contributed by atoms with E-state index in [0.717, 1.165) is 37.2 Å². The first-order chi connectivity index (χ1) is 7.69. The monoisotopic (exact) mass is 262 g/mol. The van der Waals surface area contributed by atoms with Crippen molar-refractivity contribution in [2.24, 2.45) is 0 Å². The number of hydrogen-bond donors (Lipinski definition) is 1. The number of halogens is 1. The van der Waals surface area contributed by atoms with E-state index in [1.807, 2.05) is 11.9 Å². The van der Waals surface area contributed by atoms with Crippen molar-refractivity contribution in [1.82, 2.24) is 4.98 Å². The first-order valence-corrected chi connectivity index (χ1v) is 6.32. The van der Waals surface area contributed by atoms with Gasteiger partial charge >= 0.3 is 0 Å². The zero-order valence-corrected chi connectivity index (χ0v) is 10.7. The van der Waals surface area contributed by atoms with Gasteiger partial charge in [0.15, 0.2) is 16.6 Å². The summed E-state index contributed by atoms with van der Waals surface area (Å²) in [6.07, 6.45) is 3.53. The zero-order valence-electron chi connectivity index (χ0n) is 9.15. The normalized spacial score (nSPS) is 10.4. The van der Waals surface area contributed by atoms with E-state index >= 15 is 0 Å². The Balaban J connectivity index is 2.46. The molecule has 1 aromatic rings. The number of aromatic nitrogens is 1. The van der Waals surface area contributed by atoms with Crippen molar-refractivity contribution in [1.29, 1.82) is 0 Å². The Labute approximate surface area is 104 Å². The van der Waals surface area contributed by atoms with Gasteiger partial charge in [0.25, 0.3) is 0 Å². The van der Waals surface area contributed by atoms with Crippen molar-refractivity contribution < 1.29 is 9.90 Å². The Morgan fingerprint density at radius 3 is 2.81 bits per heavy atom. The standard InChI is InChI=1S/C10H15ClN2O2S/c1-13(5-3-2-4-6-14)10-12-9(11)8(7-15)16-10/h7,14H,2-6H2,1H3. The van der Waals surface area contributed by atoms with E-state index in [9.17, 15) is 4.79 Å². The van der Waals surface area contributed by atoms with Gasteiger partial charge in [0.2, 0.25) is 0 Å². The van der Waals surface area contributed by atoms with E-state index < -0.39 is 0 Å². The Morgan fingerprint density at radius 2 is 2.25 bits per heavy atom. The number of hydrogen-bond acceptors (Lipinski definition) is 5. The molecule has 0 aliphatic heterocycles. The van der Waals surface area contributed by atoms with Gasteiger partial charge in [-0.2, -0.15) is 0 Å². The molecule has 0 aliphatic rings. The molecule has 0 aromatic carbocycles. The van der Waals surface area contributed by atoms with Gasteiger partial charge in [0, 0.05) is 20.2 Å². The predicted octanol–water partition coefficient (Wildman–Crippen LogP) is 2.21. The highest BCUT2D eigenvalue weighted by molar-refractivity contribution is 7.17. The van der Waals surface area contributed by atoms with Crippen LogP contribution in [0.4, 0.5) is 5.13 Å². The Hall–Kier alpha value is -0.650. The summed E-state index contributed by atoms with van der Waals surface area (Å²) in [6, 6.07) is 0. The minimum Gasteiger partial charge on any atom is -0.396 e. The number of aliphatic hydroxyl groups excluding tert-OH is 1. The highest BCUT2D eigenvalue weighted by Gasteiger charge is 2.11. The molecule has 1 rings (SSSR count). The molecule has 0 fully saturated rings. The SMILES string of the molecule is CN(CCCCCO)c1nc(Cl)c(C=O)s1. The number of aliphatic hydroxyl groups is 1. The second kappa shape index (κ2) is 6.83. The van der Waals surface area contributed by atoms with Crippen LogP contribution < -0.4 is 4.90 Å². The summed E-state index contributed by atoms with van der Waals surface area (Å²) in [5.41, 5.74) is 0. The molecular formula is C10H15ClN2O2S. The van der Waals surface area contributed by atoms with Crippen LogP contribution in [-0.2, 0) is 0 Å². The number of rotatable bonds is 7. The molecule has 1 heterocycles. The molecular weight excluding hydrogens is 248 g/mol. The average molecular weight is 263 g/mol. The van der Waals surface area contributed by atoms with Crippen molar-refractivity contribution in [2.75, 3.05) is 25.1 Å². The number of carbonyl (C=O) groups is 1. The smallest absolute Gasteiger partial charge is 0.187 e. The highest BCUT2D eigenvalue weighted by Crippen LogP contribution is 2.27. The van der Waals surface area contributed by atoms with Crippen LogP contribution in [0.25, 0.3) is 0 Å². The minimum atomic E-state index is 0.238. The summed E-state index contributed by atoms with van der Waals surface area (Å²) >= 11 is 7.08. The zero-order chi connectivity index (χ0) is 12.0. The summed E-state index contributed by atoms with van der Waals surface area (Å²) in [7, 11) is 1.92. The van der Waals surface area contributed by atoms with Gasteiger partial charge in [-0.15, -0.1) is 0 Å². The summed E-state index contributed by atoms with van der Waals surface area (Å²) in [5, 5.41) is 9.68. The third-order valence-corrected chi connectivity index (χ3v) is 3.68. The van der Waals surface area contributed by atoms with Crippen LogP contribution in [0.15, 0.2) is 0 Å². The van der Waals surface area contributed by atoms with Gasteiger partial charge in [-0.05, 0) is 19.3 Å². The first kappa shape index (κ1) is 13.4. The summed E-state index contributed by atoms with van der Waals surface area (Å²) in [5.74, 6) is 0. The maximum absolute atomic E-state index is 10.6. The van der Waals surface area contributed by atoms with Gasteiger partial charge in [-0.1, -0.05) is 22.9 Å². The summed E-state index contributed by atoms with van der Waals surface area (Å²) in [6.45, 7) is 1.09. The van der Waals surface area contributed by atoms with Crippen molar-refractivity contribution in [2.45, 2.75) is 19.3 Å². The molecule has 0 saturated heterocycles. The molecule has 1 N–H and O–H groups in total. The number of aldehydes is 1. The third kappa shape index (κ3) is 3.73. The molecule has 0 bridgehead atoms. The molecule has 0 unspecified atom stereocenters. The van der Waals surface area contributed by atoms with E-state index in [0.29, 0.717) is 4.88 Å². The van der Waals surface area contributed by atoms with Gasteiger partial charge in [-0.3, -0.25) is 4.79 Å². The van der Waals surface area contributed by atoms with Crippen LogP contribution in [0, 0.1) is 0 Å². The number of nitrogens with zero attached hydrogens (tertiary/aromatic N) is 2. The van der Waals surface area contributed by atoms with Crippen LogP contribution in [0.3, 0.4) is 0 Å². The molecule has 6 heteroatoms. The molecule has 0 atom stereocenters. The molecule has 0 aliphatic carbocycles. The molecule has 0 amide bonds. The van der Waals surface area contributed by atoms with E-state index in [1.165, 1.54) is 11.3 Å². The van der Waals surface area contributed by atoms with Crippen molar-refractivity contribution in [3.63, 3.8) is 0 Å². The second-order valence-corrected chi connectivity index (χ2v) is 4.84. The molecule has 1 aromatic heterocycles. The maximum atomic E-state index is 10.6. The maximum Gasteiger partial charge on any atom is 0.187 e. The van der Waals surface area contributed by atoms with E-state index in [4.69, 9.17) is 16.7 Å². The Morgan fingerprint density at radius 1 is 1.50 bits per heavy atom. The lowest BCUT2D eigenvalue weighted by Gasteiger charge is -2.14. The quantitative estimate of drug-likeness (QED) is 0.605. The highest BCUT2D eigenvalue weighted by atomic mass is 35.5. The van der Waals surface area contributed by atoms with E-state index in [2.05, 4.69) is 4.98 Å². The lowest BCUT2D eigenvalue weighted by atomic mass is 10.2. The van der Waals surface area contributed by atoms with Crippen LogP contribution in [0.5, 0.6) is 0 Å². The molecule has 0 radical (unpaired) electrons. The van der Waals surface area contributed by atoms with Crippen molar-refractivity contribution >= 4 is 34.4 Å². The van der Waals surface area contributed by atoms with Gasteiger partial charge in [0.05, 0.1) is 0 Å². The van der Waals surface area contributed by atoms with E-state index in [1.54, 1.807) is 0 Å². The fourth-order valence-electron chi connectivity index (χ4n) is 1.27. The van der Waals surface area contributed by atoms with Crippen LogP contribution >= 0.6 is 22.9 Å². The van der Waals surface area contributed by atoms with Gasteiger partial charge in [-0.25, -0.2) is 4.98 Å². The van der Waals surface area contributed by atoms with Gasteiger partial charge < -0.3 is 10.0 Å². The van der Waals surface area contributed by atoms with Crippen LogP contribution in [-0.4, -0.2) is 36.6 Å². The molecule has 16 heavy (non-hydrogen) atoms. The predicted molar refractivity (Wildman–Crippen MR) is 66.7 cm³/mol. The van der Waals surface area contributed by atoms with Crippen LogP contribution in [0.2, 0.25) is 5.15 Å². The fourth-order valence-corrected chi connectivity index (χ4v) is 2.32. The molecule has 4 nitrogen and oxygen atoms in total. The lowest BCUT2D eigenvalue weighted by Crippen LogP contribution is -2.18. The summed E-state index contributed by atoms with van der Waals surface area (Å²) < 4.78 is 0. The Bertz CT molecular complexity index is 344. The van der Waals surface area contributed by atoms with Crippen molar-refractivity contribution in [3.05, 3.63) is 10.0 Å². The molecule has 90 valence electrons. The lowest BCUT2D eigenvalue weighted by molar-refractivity contribution is 0.112. The fraction of sp³-hybridized carbons (Fsp3) is 0.600. The van der Waals surface area contributed by atoms with E-state index in [-0.39, 0.29) is 11.8 Å². The number of carbonyl (C=O) groups excluding carboxylic acids is 1. The average Bonchev–Trinajstić information content (AvgIpc) is 2.66.